The van der Waals surface area contributed by atoms with E-state index in [1.54, 1.807) is 0 Å². The molecule has 0 aliphatic heterocycles. The zero-order chi connectivity index (χ0) is 17.2. The molecule has 128 valence electrons. The molecule has 2 amide bonds. The van der Waals surface area contributed by atoms with Crippen molar-refractivity contribution in [1.29, 1.82) is 0 Å². The number of carbonyl (C=O) groups excluding carboxylic acids is 2. The summed E-state index contributed by atoms with van der Waals surface area (Å²) < 4.78 is 5.60. The molecule has 0 fully saturated rings. The van der Waals surface area contributed by atoms with Gasteiger partial charge in [0.05, 0.1) is 19.1 Å². The summed E-state index contributed by atoms with van der Waals surface area (Å²) in [4.78, 5) is 23.6. The van der Waals surface area contributed by atoms with Gasteiger partial charge >= 0.3 is 0 Å². The van der Waals surface area contributed by atoms with E-state index >= 15 is 0 Å². The summed E-state index contributed by atoms with van der Waals surface area (Å²) in [5.41, 5.74) is 6.34. The second-order valence-electron chi connectivity index (χ2n) is 5.57. The average Bonchev–Trinajstić information content (AvgIpc) is 2.52. The summed E-state index contributed by atoms with van der Waals surface area (Å²) in [6, 6.07) is 7.00. The van der Waals surface area contributed by atoms with Crippen LogP contribution in [-0.2, 0) is 9.59 Å². The van der Waals surface area contributed by atoms with Crippen LogP contribution in [0.4, 0.5) is 0 Å². The van der Waals surface area contributed by atoms with Gasteiger partial charge in [-0.2, -0.15) is 0 Å². The number of hydrogen-bond donors (Lipinski definition) is 3. The van der Waals surface area contributed by atoms with Crippen LogP contribution in [0.3, 0.4) is 0 Å². The highest BCUT2D eigenvalue weighted by Crippen LogP contribution is 2.27. The number of carbonyl (C=O) groups is 2. The molecule has 2 atom stereocenters. The van der Waals surface area contributed by atoms with Crippen LogP contribution in [0.1, 0.15) is 38.8 Å². The lowest BCUT2D eigenvalue weighted by atomic mass is 10.0. The summed E-state index contributed by atoms with van der Waals surface area (Å²) >= 11 is 0. The van der Waals surface area contributed by atoms with E-state index in [0.29, 0.717) is 25.4 Å². The molecule has 0 bridgehead atoms. The summed E-state index contributed by atoms with van der Waals surface area (Å²) in [7, 11) is 0. The normalized spacial score (nSPS) is 13.0. The maximum absolute atomic E-state index is 12.2. The molecule has 1 rings (SSSR count). The molecular formula is C17H27N3O3. The lowest BCUT2D eigenvalue weighted by molar-refractivity contribution is -0.122. The first-order chi connectivity index (χ1) is 11.0. The molecule has 23 heavy (non-hydrogen) atoms. The number of rotatable bonds is 9. The molecule has 1 aromatic rings. The van der Waals surface area contributed by atoms with Crippen molar-refractivity contribution in [3.8, 4) is 5.75 Å². The number of nitrogens with two attached hydrogens (primary N) is 1. The van der Waals surface area contributed by atoms with E-state index in [1.165, 1.54) is 6.92 Å². The van der Waals surface area contributed by atoms with Crippen molar-refractivity contribution in [2.24, 2.45) is 11.7 Å². The Morgan fingerprint density at radius 1 is 1.30 bits per heavy atom. The highest BCUT2D eigenvalue weighted by Gasteiger charge is 2.20. The van der Waals surface area contributed by atoms with Crippen LogP contribution in [0.15, 0.2) is 24.3 Å². The Morgan fingerprint density at radius 3 is 2.61 bits per heavy atom. The molecule has 0 aliphatic carbocycles. The predicted molar refractivity (Wildman–Crippen MR) is 90.0 cm³/mol. The zero-order valence-electron chi connectivity index (χ0n) is 14.1. The van der Waals surface area contributed by atoms with Gasteiger partial charge in [-0.15, -0.1) is 0 Å². The first-order valence-corrected chi connectivity index (χ1v) is 7.93. The average molecular weight is 321 g/mol. The quantitative estimate of drug-likeness (QED) is 0.640. The number of ether oxygens (including phenoxy) is 1. The summed E-state index contributed by atoms with van der Waals surface area (Å²) in [5, 5.41) is 5.67. The number of para-hydroxylation sites is 1. The van der Waals surface area contributed by atoms with Gasteiger partial charge in [-0.05, 0) is 25.5 Å². The first-order valence-electron chi connectivity index (χ1n) is 7.93. The molecule has 2 unspecified atom stereocenters. The molecule has 4 N–H and O–H groups in total. The minimum Gasteiger partial charge on any atom is -0.494 e. The van der Waals surface area contributed by atoms with Crippen LogP contribution < -0.4 is 21.1 Å². The number of benzene rings is 1. The van der Waals surface area contributed by atoms with E-state index in [4.69, 9.17) is 10.5 Å². The van der Waals surface area contributed by atoms with Gasteiger partial charge in [-0.1, -0.05) is 25.1 Å². The summed E-state index contributed by atoms with van der Waals surface area (Å²) in [5.74, 6) is 0.575. The van der Waals surface area contributed by atoms with Gasteiger partial charge in [0, 0.05) is 19.0 Å². The molecule has 0 saturated carbocycles. The van der Waals surface area contributed by atoms with E-state index in [2.05, 4.69) is 10.6 Å². The second kappa shape index (κ2) is 9.84. The highest BCUT2D eigenvalue weighted by molar-refractivity contribution is 5.79. The Balaban J connectivity index is 2.84. The van der Waals surface area contributed by atoms with Gasteiger partial charge < -0.3 is 21.1 Å². The zero-order valence-corrected chi connectivity index (χ0v) is 14.1. The number of hydrogen-bond acceptors (Lipinski definition) is 4. The van der Waals surface area contributed by atoms with Crippen molar-refractivity contribution >= 4 is 11.8 Å². The predicted octanol–water partition coefficient (Wildman–Crippen LogP) is 1.36. The Labute approximate surface area is 137 Å². The van der Waals surface area contributed by atoms with Crippen molar-refractivity contribution < 1.29 is 14.3 Å². The Bertz CT molecular complexity index is 520. The molecule has 0 aliphatic rings. The molecule has 6 nitrogen and oxygen atoms in total. The minimum atomic E-state index is -0.427. The van der Waals surface area contributed by atoms with Crippen LogP contribution >= 0.6 is 0 Å². The third kappa shape index (κ3) is 6.69. The van der Waals surface area contributed by atoms with E-state index in [0.717, 1.165) is 5.56 Å². The van der Waals surface area contributed by atoms with Crippen molar-refractivity contribution in [1.82, 2.24) is 10.6 Å². The highest BCUT2D eigenvalue weighted by atomic mass is 16.5. The smallest absolute Gasteiger partial charge is 0.222 e. The van der Waals surface area contributed by atoms with Crippen LogP contribution in [0, 0.1) is 5.92 Å². The topological polar surface area (TPSA) is 93.4 Å². The molecule has 0 saturated heterocycles. The number of amides is 2. The lowest BCUT2D eigenvalue weighted by Crippen LogP contribution is -2.35. The number of nitrogens with one attached hydrogen (secondary N) is 2. The molecule has 6 heteroatoms. The fraction of sp³-hybridized carbons (Fsp3) is 0.529. The monoisotopic (exact) mass is 321 g/mol. The van der Waals surface area contributed by atoms with Crippen LogP contribution in [-0.4, -0.2) is 31.5 Å². The Hall–Kier alpha value is -2.08. The minimum absolute atomic E-state index is 0.129. The van der Waals surface area contributed by atoms with E-state index in [1.807, 2.05) is 38.1 Å². The van der Waals surface area contributed by atoms with Crippen molar-refractivity contribution in [3.05, 3.63) is 29.8 Å². The van der Waals surface area contributed by atoms with Gasteiger partial charge in [0.15, 0.2) is 0 Å². The lowest BCUT2D eigenvalue weighted by Gasteiger charge is -2.21. The van der Waals surface area contributed by atoms with Gasteiger partial charge in [-0.3, -0.25) is 9.59 Å². The summed E-state index contributed by atoms with van der Waals surface area (Å²) in [6.45, 7) is 6.85. The third-order valence-electron chi connectivity index (χ3n) is 3.41. The molecular weight excluding hydrogens is 294 g/mol. The maximum Gasteiger partial charge on any atom is 0.222 e. The van der Waals surface area contributed by atoms with Gasteiger partial charge in [0.2, 0.25) is 11.8 Å². The van der Waals surface area contributed by atoms with Gasteiger partial charge in [-0.25, -0.2) is 0 Å². The SMILES string of the molecule is CCOc1ccccc1C(CC(=O)NCC(C)CN)NC(C)=O. The van der Waals surface area contributed by atoms with Crippen molar-refractivity contribution in [2.75, 3.05) is 19.7 Å². The van der Waals surface area contributed by atoms with Gasteiger partial charge in [0.1, 0.15) is 5.75 Å². The largest absolute Gasteiger partial charge is 0.494 e. The second-order valence-corrected chi connectivity index (χ2v) is 5.57. The van der Waals surface area contributed by atoms with E-state index in [-0.39, 0.29) is 24.2 Å². The van der Waals surface area contributed by atoms with E-state index in [9.17, 15) is 9.59 Å². The van der Waals surface area contributed by atoms with Crippen molar-refractivity contribution in [2.45, 2.75) is 33.2 Å². The fourth-order valence-electron chi connectivity index (χ4n) is 2.17. The Kier molecular flexibility index (Phi) is 8.11. The molecule has 0 aromatic heterocycles. The van der Waals surface area contributed by atoms with E-state index < -0.39 is 6.04 Å². The molecule has 0 radical (unpaired) electrons. The molecule has 1 aromatic carbocycles. The standard InChI is InChI=1S/C17H27N3O3/c1-4-23-16-8-6-5-7-14(16)15(20-13(3)21)9-17(22)19-11-12(2)10-18/h5-8,12,15H,4,9-11,18H2,1-3H3,(H,19,22)(H,20,21). The molecule has 0 heterocycles. The molecule has 0 spiro atoms. The van der Waals surface area contributed by atoms with Gasteiger partial charge in [0.25, 0.3) is 0 Å². The van der Waals surface area contributed by atoms with Crippen molar-refractivity contribution in [3.63, 3.8) is 0 Å². The van der Waals surface area contributed by atoms with Crippen LogP contribution in [0.25, 0.3) is 0 Å². The first kappa shape index (κ1) is 19.0. The van der Waals surface area contributed by atoms with Crippen LogP contribution in [0.5, 0.6) is 5.75 Å². The Morgan fingerprint density at radius 2 is 2.00 bits per heavy atom. The van der Waals surface area contributed by atoms with Crippen LogP contribution in [0.2, 0.25) is 0 Å². The third-order valence-corrected chi connectivity index (χ3v) is 3.41. The summed E-state index contributed by atoms with van der Waals surface area (Å²) in [6.07, 6.45) is 0.154. The maximum atomic E-state index is 12.2. The fourth-order valence-corrected chi connectivity index (χ4v) is 2.17.